The van der Waals surface area contributed by atoms with Crippen LogP contribution >= 0.6 is 22.9 Å². The predicted molar refractivity (Wildman–Crippen MR) is 136 cm³/mol. The fourth-order valence-electron chi connectivity index (χ4n) is 4.40. The number of rotatable bonds is 13. The minimum atomic E-state index is -0.507. The first-order valence-electron chi connectivity index (χ1n) is 12.0. The van der Waals surface area contributed by atoms with Crippen molar-refractivity contribution in [2.24, 2.45) is 11.8 Å². The molecule has 2 atom stereocenters. The molecule has 1 aliphatic rings. The summed E-state index contributed by atoms with van der Waals surface area (Å²) in [5, 5.41) is 4.65. The van der Waals surface area contributed by atoms with Crippen LogP contribution in [0, 0.1) is 11.8 Å². The van der Waals surface area contributed by atoms with Crippen LogP contribution in [0.1, 0.15) is 56.9 Å². The first-order chi connectivity index (χ1) is 16.4. The smallest absolute Gasteiger partial charge is 0.224 e. The number of thiazole rings is 1. The molecular formula is C26H33ClN2O4S. The fourth-order valence-corrected chi connectivity index (χ4v) is 5.73. The van der Waals surface area contributed by atoms with Crippen molar-refractivity contribution in [1.82, 2.24) is 10.3 Å². The number of hydrogen-bond acceptors (Lipinski definition) is 6. The molecule has 1 fully saturated rings. The number of fused-ring (bicyclic) bond motifs is 1. The molecule has 1 saturated heterocycles. The first kappa shape index (κ1) is 26.5. The van der Waals surface area contributed by atoms with E-state index >= 15 is 0 Å². The molecule has 8 heteroatoms. The molecule has 0 bridgehead atoms. The number of amides is 1. The minimum absolute atomic E-state index is 0.0332. The number of ketones is 2. The Morgan fingerprint density at radius 3 is 2.76 bits per heavy atom. The number of Topliss-reactive ketones (excluding diaryl/α,β-unsaturated/α-hetero) is 1. The summed E-state index contributed by atoms with van der Waals surface area (Å²) in [6.07, 6.45) is 5.68. The molecule has 1 N–H and O–H groups in total. The first-order valence-corrected chi connectivity index (χ1v) is 13.2. The molecule has 0 unspecified atom stereocenters. The van der Waals surface area contributed by atoms with E-state index in [0.717, 1.165) is 34.5 Å². The van der Waals surface area contributed by atoms with E-state index in [0.29, 0.717) is 43.9 Å². The van der Waals surface area contributed by atoms with E-state index < -0.39 is 5.92 Å². The molecule has 6 nitrogen and oxygen atoms in total. The number of nitrogens with zero attached hydrogens (tertiary/aromatic N) is 1. The van der Waals surface area contributed by atoms with E-state index in [-0.39, 0.29) is 35.9 Å². The number of benzene rings is 1. The van der Waals surface area contributed by atoms with Crippen molar-refractivity contribution in [3.63, 3.8) is 0 Å². The number of halogens is 1. The molecule has 34 heavy (non-hydrogen) atoms. The van der Waals surface area contributed by atoms with Gasteiger partial charge in [0, 0.05) is 50.0 Å². The van der Waals surface area contributed by atoms with E-state index in [1.165, 1.54) is 17.4 Å². The molecule has 2 aromatic rings. The van der Waals surface area contributed by atoms with Gasteiger partial charge in [-0.3, -0.25) is 14.4 Å². The van der Waals surface area contributed by atoms with Gasteiger partial charge in [-0.15, -0.1) is 11.3 Å². The van der Waals surface area contributed by atoms with E-state index in [2.05, 4.69) is 16.9 Å². The normalized spacial score (nSPS) is 16.2. The van der Waals surface area contributed by atoms with Gasteiger partial charge in [0.25, 0.3) is 0 Å². The second kappa shape index (κ2) is 13.1. The zero-order valence-electron chi connectivity index (χ0n) is 19.7. The van der Waals surface area contributed by atoms with E-state index in [1.54, 1.807) is 6.07 Å². The summed E-state index contributed by atoms with van der Waals surface area (Å²) in [5.74, 6) is -0.367. The molecule has 1 aromatic heterocycles. The summed E-state index contributed by atoms with van der Waals surface area (Å²) in [6.45, 7) is 6.82. The average Bonchev–Trinajstić information content (AvgIpc) is 3.23. The third-order valence-electron chi connectivity index (χ3n) is 6.28. The molecule has 3 rings (SSSR count). The van der Waals surface area contributed by atoms with Gasteiger partial charge in [-0.1, -0.05) is 25.1 Å². The molecule has 0 radical (unpaired) electrons. The fraction of sp³-hybridized carbons (Fsp3) is 0.538. The van der Waals surface area contributed by atoms with Gasteiger partial charge in [0.2, 0.25) is 5.91 Å². The Morgan fingerprint density at radius 1 is 1.29 bits per heavy atom. The zero-order valence-corrected chi connectivity index (χ0v) is 21.3. The highest BCUT2D eigenvalue weighted by Gasteiger charge is 2.30. The lowest BCUT2D eigenvalue weighted by molar-refractivity contribution is -0.130. The Hall–Kier alpha value is -2.09. The summed E-state index contributed by atoms with van der Waals surface area (Å²) >= 11 is 7.61. The summed E-state index contributed by atoms with van der Waals surface area (Å²) in [4.78, 5) is 42.5. The Balaban J connectivity index is 1.77. The molecule has 2 heterocycles. The quantitative estimate of drug-likeness (QED) is 0.373. The van der Waals surface area contributed by atoms with Gasteiger partial charge in [0.1, 0.15) is 5.78 Å². The highest BCUT2D eigenvalue weighted by atomic mass is 35.5. The second-order valence-electron chi connectivity index (χ2n) is 8.89. The molecule has 1 aromatic carbocycles. The second-order valence-corrected chi connectivity index (χ2v) is 10.4. The van der Waals surface area contributed by atoms with Gasteiger partial charge in [-0.05, 0) is 55.9 Å². The van der Waals surface area contributed by atoms with Crippen molar-refractivity contribution in [2.45, 2.75) is 64.3 Å². The number of allylic oxidation sites excluding steroid dienone is 1. The maximum Gasteiger partial charge on any atom is 0.224 e. The lowest BCUT2D eigenvalue weighted by Gasteiger charge is -2.32. The van der Waals surface area contributed by atoms with Crippen LogP contribution < -0.4 is 5.32 Å². The van der Waals surface area contributed by atoms with E-state index in [1.807, 2.05) is 19.1 Å². The van der Waals surface area contributed by atoms with Crippen LogP contribution in [0.2, 0.25) is 5.02 Å². The standard InChI is InChI=1S/C26H33ClN2O4S/c1-3-5-21(31)14-18(15-25-28-23-8-6-19(27)16-24(23)34-25)26(32)29-22(9-7-20(30)4-2)17-10-12-33-13-11-17/h4,6,8,16-18,22H,2-3,5,7,9-15H2,1H3,(H,29,32)/t18-,22+/m0/s1. The highest BCUT2D eigenvalue weighted by molar-refractivity contribution is 7.18. The van der Waals surface area contributed by atoms with Crippen LogP contribution in [0.3, 0.4) is 0 Å². The van der Waals surface area contributed by atoms with Crippen molar-refractivity contribution in [1.29, 1.82) is 0 Å². The maximum atomic E-state index is 13.5. The van der Waals surface area contributed by atoms with Crippen molar-refractivity contribution >= 4 is 50.6 Å². The van der Waals surface area contributed by atoms with E-state index in [4.69, 9.17) is 16.3 Å². The number of carbonyl (C=O) groups is 3. The summed E-state index contributed by atoms with van der Waals surface area (Å²) in [6, 6.07) is 5.39. The Morgan fingerprint density at radius 2 is 2.06 bits per heavy atom. The van der Waals surface area contributed by atoms with Crippen LogP contribution in [-0.2, 0) is 25.5 Å². The van der Waals surface area contributed by atoms with Gasteiger partial charge < -0.3 is 10.1 Å². The predicted octanol–water partition coefficient (Wildman–Crippen LogP) is 5.31. The monoisotopic (exact) mass is 504 g/mol. The van der Waals surface area contributed by atoms with Crippen molar-refractivity contribution in [3.05, 3.63) is 40.9 Å². The van der Waals surface area contributed by atoms with Crippen LogP contribution in [-0.4, -0.2) is 41.7 Å². The number of aromatic nitrogens is 1. The van der Waals surface area contributed by atoms with Crippen molar-refractivity contribution in [3.8, 4) is 0 Å². The van der Waals surface area contributed by atoms with Gasteiger partial charge in [0.15, 0.2) is 5.78 Å². The Bertz CT molecular complexity index is 1020. The number of ether oxygens (including phenoxy) is 1. The average molecular weight is 505 g/mol. The SMILES string of the molecule is C=CC(=O)CC[C@@H](NC(=O)[C@@H](CC(=O)CCC)Cc1nc2ccc(Cl)cc2s1)C1CCOCC1. The maximum absolute atomic E-state index is 13.5. The van der Waals surface area contributed by atoms with Gasteiger partial charge in [-0.2, -0.15) is 0 Å². The van der Waals surface area contributed by atoms with Gasteiger partial charge in [0.05, 0.1) is 21.1 Å². The summed E-state index contributed by atoms with van der Waals surface area (Å²) in [5.41, 5.74) is 0.839. The van der Waals surface area contributed by atoms with Gasteiger partial charge in [-0.25, -0.2) is 4.98 Å². The molecular weight excluding hydrogens is 472 g/mol. The third kappa shape index (κ3) is 7.72. The van der Waals surface area contributed by atoms with Crippen LogP contribution in [0.4, 0.5) is 0 Å². The van der Waals surface area contributed by atoms with Crippen LogP contribution in [0.25, 0.3) is 10.2 Å². The van der Waals surface area contributed by atoms with Crippen molar-refractivity contribution in [2.75, 3.05) is 13.2 Å². The third-order valence-corrected chi connectivity index (χ3v) is 7.56. The van der Waals surface area contributed by atoms with Crippen molar-refractivity contribution < 1.29 is 19.1 Å². The Kier molecular flexibility index (Phi) is 10.2. The number of nitrogens with one attached hydrogen (secondary N) is 1. The van der Waals surface area contributed by atoms with E-state index in [9.17, 15) is 14.4 Å². The summed E-state index contributed by atoms with van der Waals surface area (Å²) in [7, 11) is 0. The molecule has 1 amide bonds. The zero-order chi connectivity index (χ0) is 24.5. The number of carbonyl (C=O) groups excluding carboxylic acids is 3. The summed E-state index contributed by atoms with van der Waals surface area (Å²) < 4.78 is 6.45. The molecule has 0 aliphatic carbocycles. The highest BCUT2D eigenvalue weighted by Crippen LogP contribution is 2.28. The van der Waals surface area contributed by atoms with Crippen LogP contribution in [0.15, 0.2) is 30.9 Å². The van der Waals surface area contributed by atoms with Gasteiger partial charge >= 0.3 is 0 Å². The molecule has 0 spiro atoms. The lowest BCUT2D eigenvalue weighted by Crippen LogP contribution is -2.45. The topological polar surface area (TPSA) is 85.4 Å². The largest absolute Gasteiger partial charge is 0.381 e. The van der Waals surface area contributed by atoms with Crippen LogP contribution in [0.5, 0.6) is 0 Å². The Labute approximate surface area is 210 Å². The molecule has 0 saturated carbocycles. The molecule has 1 aliphatic heterocycles. The molecule has 184 valence electrons. The minimum Gasteiger partial charge on any atom is -0.381 e. The lowest BCUT2D eigenvalue weighted by atomic mass is 9.87. The number of hydrogen-bond donors (Lipinski definition) is 1.